The standard InChI is InChI=1S/C33H32N4O.C32H31N5O.C29H30N4O.C28H29N5O/c1-20-15-17-24-25-18-16-21(2)34-32(25)38-31(24)30(20)36-22(3)37(28-14-10-9-13-27(28)36)33(4,5)29-19-23-11-7-8-12-26(23)35(29)6;1-19-15-17-22-23-18-16-20(2)33-30(23)38-29(22)28(19)36-21(3)37(27-14-10-9-13-26(27)36)32(4,5)31-34-24-11-7-8-12-25(24)35(31)6;1-18-13-15-21-22-16-14-19(2)30-28(22)34-27(21)26(18)32-20(3)33(24-11-8-7-10-23(24)32)29(4,5)25-12-9-17-31(25)6;1-17-11-13-20-21-14-12-18(2)30-26(21)34-25(20)24(17)32-19(3)33(23-10-8-7-9-22(23)32)28(4,5)27-29-15-16-31(27)6/h7-19,22H,1-6H3;7-18,21H,1-6H3;7-17,20H,1-6H3;7-16,19H,1-6H3/t22-;21-;20-;19-/m1111/s1. The minimum Gasteiger partial charge on any atom is -0.435 e. The zero-order valence-corrected chi connectivity index (χ0v) is 86.6. The zero-order valence-electron chi connectivity index (χ0n) is 86.6. The highest BCUT2D eigenvalue weighted by atomic mass is 16.4. The molecule has 4 aliphatic rings. The normalized spacial score (nSPS) is 15.9. The average molecular weight is 1900 g/mol. The Hall–Kier alpha value is -16.1. The molecule has 4 aliphatic heterocycles. The first kappa shape index (κ1) is 91.7. The van der Waals surface area contributed by atoms with E-state index in [0.29, 0.717) is 22.9 Å². The summed E-state index contributed by atoms with van der Waals surface area (Å²) in [7, 11) is 8.47. The number of nitrogens with zero attached hydrogens (tertiary/aromatic N) is 18. The highest BCUT2D eigenvalue weighted by Crippen LogP contribution is 2.59. The summed E-state index contributed by atoms with van der Waals surface area (Å²) in [6, 6.07) is 92.5. The quantitative estimate of drug-likeness (QED) is 0.113. The van der Waals surface area contributed by atoms with Crippen LogP contribution in [-0.2, 0) is 50.3 Å². The van der Waals surface area contributed by atoms with Gasteiger partial charge >= 0.3 is 0 Å². The van der Waals surface area contributed by atoms with Gasteiger partial charge in [-0.25, -0.2) is 29.9 Å². The Labute approximate surface area is 839 Å². The lowest BCUT2D eigenvalue weighted by atomic mass is 9.96. The van der Waals surface area contributed by atoms with Crippen LogP contribution in [0.5, 0.6) is 0 Å². The van der Waals surface area contributed by atoms with Crippen molar-refractivity contribution >= 4 is 178 Å². The Morgan fingerprint density at radius 3 is 0.896 bits per heavy atom. The highest BCUT2D eigenvalue weighted by Gasteiger charge is 2.51. The van der Waals surface area contributed by atoms with E-state index in [2.05, 4.69) is 461 Å². The van der Waals surface area contributed by atoms with Crippen LogP contribution in [0.4, 0.5) is 68.2 Å². The van der Waals surface area contributed by atoms with Crippen LogP contribution < -0.4 is 39.2 Å². The van der Waals surface area contributed by atoms with Crippen molar-refractivity contribution in [1.82, 2.24) is 48.2 Å². The van der Waals surface area contributed by atoms with Crippen molar-refractivity contribution in [3.63, 3.8) is 0 Å². The van der Waals surface area contributed by atoms with Crippen molar-refractivity contribution < 1.29 is 17.7 Å². The van der Waals surface area contributed by atoms with E-state index in [0.717, 1.165) is 151 Å². The molecule has 0 aliphatic carbocycles. The Morgan fingerprint density at radius 2 is 0.569 bits per heavy atom. The number of rotatable bonds is 12. The van der Waals surface area contributed by atoms with Crippen LogP contribution in [0, 0.1) is 55.4 Å². The number of fused-ring (bicyclic) bond motifs is 18. The number of aryl methyl sites for hydroxylation is 12. The van der Waals surface area contributed by atoms with Crippen LogP contribution >= 0.6 is 0 Å². The highest BCUT2D eigenvalue weighted by molar-refractivity contribution is 6.14. The minimum atomic E-state index is -0.396. The summed E-state index contributed by atoms with van der Waals surface area (Å²) >= 11 is 0. The maximum absolute atomic E-state index is 6.51. The van der Waals surface area contributed by atoms with E-state index >= 15 is 0 Å². The number of imidazole rings is 2. The van der Waals surface area contributed by atoms with Crippen molar-refractivity contribution in [1.29, 1.82) is 0 Å². The molecule has 0 amide bonds. The summed E-state index contributed by atoms with van der Waals surface area (Å²) in [6.07, 6.45) is 6.18. The Kier molecular flexibility index (Phi) is 21.5. The maximum Gasteiger partial charge on any atom is 0.227 e. The van der Waals surface area contributed by atoms with Gasteiger partial charge < -0.3 is 75.1 Å². The lowest BCUT2D eigenvalue weighted by molar-refractivity contribution is 0.413. The first-order chi connectivity index (χ1) is 69.1. The predicted molar refractivity (Wildman–Crippen MR) is 590 cm³/mol. The lowest BCUT2D eigenvalue weighted by Crippen LogP contribution is -2.50. The number of benzene rings is 10. The molecule has 0 N–H and O–H groups in total. The van der Waals surface area contributed by atoms with Gasteiger partial charge in [-0.1, -0.05) is 127 Å². The Morgan fingerprint density at radius 1 is 0.264 bits per heavy atom. The largest absolute Gasteiger partial charge is 0.435 e. The molecule has 22 heteroatoms. The molecule has 0 spiro atoms. The second kappa shape index (κ2) is 33.8. The van der Waals surface area contributed by atoms with Crippen molar-refractivity contribution in [2.75, 3.05) is 39.2 Å². The molecule has 0 bridgehead atoms. The van der Waals surface area contributed by atoms with Gasteiger partial charge in [0, 0.05) is 130 Å². The van der Waals surface area contributed by atoms with Gasteiger partial charge in [0.15, 0.2) is 22.3 Å². The van der Waals surface area contributed by atoms with Crippen LogP contribution in [0.1, 0.15) is 151 Å². The van der Waals surface area contributed by atoms with E-state index in [1.807, 2.05) is 52.2 Å². The van der Waals surface area contributed by atoms with Crippen LogP contribution in [0.15, 0.2) is 297 Å². The Balaban J connectivity index is 0.000000106. The van der Waals surface area contributed by atoms with E-state index in [1.165, 1.54) is 73.1 Å². The number of anilines is 12. The second-order valence-corrected chi connectivity index (χ2v) is 41.7. The molecular weight excluding hydrogens is 1780 g/mol. The number of aromatic nitrogens is 10. The van der Waals surface area contributed by atoms with Gasteiger partial charge in [-0.05, 0) is 300 Å². The summed E-state index contributed by atoms with van der Waals surface area (Å²) in [5.41, 5.74) is 33.4. The zero-order chi connectivity index (χ0) is 100. The van der Waals surface area contributed by atoms with Crippen LogP contribution in [0.2, 0.25) is 0 Å². The molecule has 10 aromatic carbocycles. The fourth-order valence-corrected chi connectivity index (χ4v) is 24.7. The van der Waals surface area contributed by atoms with Gasteiger partial charge in [0.05, 0.1) is 101 Å². The van der Waals surface area contributed by atoms with Gasteiger partial charge in [0.2, 0.25) is 22.9 Å². The third-order valence-corrected chi connectivity index (χ3v) is 31.1. The second-order valence-electron chi connectivity index (χ2n) is 41.7. The molecular formula is C122H122N18O4. The third-order valence-electron chi connectivity index (χ3n) is 31.1. The molecule has 0 unspecified atom stereocenters. The summed E-state index contributed by atoms with van der Waals surface area (Å²) in [5.74, 6) is 2.05. The number of para-hydroxylation sites is 11. The SMILES string of the molecule is Cc1ccc2c(n1)oc1c(N3c4ccccc4N(C(C)(C)c4cc5ccccc5n4C)[C@@H]3C)c(C)ccc12.Cc1ccc2c(n1)oc1c(N3c4ccccc4N(C(C)(C)c4cccn4C)[C@@H]3C)c(C)ccc12.Cc1ccc2c(n1)oc1c(N3c4ccccc4N(C(C)(C)c4nc5ccccc5n4C)[C@@H]3C)c(C)ccc12.Cc1ccc2c(n1)oc1c(N3c4ccccc4N(C(C)(C)c4nccn4C)[C@@H]3C)c(C)ccc12. The molecule has 22 nitrogen and oxygen atoms in total. The molecule has 16 heterocycles. The molecule has 0 saturated heterocycles. The van der Waals surface area contributed by atoms with Gasteiger partial charge in [0.1, 0.15) is 36.3 Å². The smallest absolute Gasteiger partial charge is 0.227 e. The van der Waals surface area contributed by atoms with E-state index in [4.69, 9.17) is 37.6 Å². The topological polar surface area (TPSA) is 176 Å². The molecule has 144 heavy (non-hydrogen) atoms. The summed E-state index contributed by atoms with van der Waals surface area (Å²) in [6.45, 7) is 44.1. The lowest BCUT2D eigenvalue weighted by Gasteiger charge is -2.42. The monoisotopic (exact) mass is 1900 g/mol. The van der Waals surface area contributed by atoms with E-state index in [9.17, 15) is 0 Å². The fraction of sp³-hybridized carbons (Fsp3) is 0.262. The van der Waals surface area contributed by atoms with Crippen LogP contribution in [0.25, 0.3) is 110 Å². The van der Waals surface area contributed by atoms with Crippen molar-refractivity contribution in [3.8, 4) is 0 Å². The van der Waals surface area contributed by atoms with Gasteiger partial charge in [0.25, 0.3) is 0 Å². The number of furan rings is 4. The molecule has 0 saturated carbocycles. The van der Waals surface area contributed by atoms with Gasteiger partial charge in [-0.2, -0.15) is 0 Å². The maximum atomic E-state index is 6.51. The molecule has 0 radical (unpaired) electrons. The number of hydrogen-bond donors (Lipinski definition) is 0. The van der Waals surface area contributed by atoms with E-state index in [-0.39, 0.29) is 41.3 Å². The van der Waals surface area contributed by atoms with Crippen molar-refractivity contribution in [3.05, 3.63) is 348 Å². The van der Waals surface area contributed by atoms with Gasteiger partial charge in [-0.15, -0.1) is 0 Å². The first-order valence-electron chi connectivity index (χ1n) is 50.1. The summed E-state index contributed by atoms with van der Waals surface area (Å²) < 4.78 is 34.8. The van der Waals surface area contributed by atoms with Crippen LogP contribution in [0.3, 0.4) is 0 Å². The van der Waals surface area contributed by atoms with E-state index < -0.39 is 5.54 Å². The fourth-order valence-electron chi connectivity index (χ4n) is 24.7. The van der Waals surface area contributed by atoms with Gasteiger partial charge in [-0.3, -0.25) is 0 Å². The molecule has 0 fully saturated rings. The molecule has 4 atom stereocenters. The first-order valence-corrected chi connectivity index (χ1v) is 50.1. The summed E-state index contributed by atoms with van der Waals surface area (Å²) in [4.78, 5) is 48.3. The minimum absolute atomic E-state index is 0.00872. The number of pyridine rings is 4. The third kappa shape index (κ3) is 14.0. The molecule has 22 aromatic rings. The molecule has 12 aromatic heterocycles. The molecule has 26 rings (SSSR count). The Bertz CT molecular complexity index is 8400. The molecule has 724 valence electrons. The summed E-state index contributed by atoms with van der Waals surface area (Å²) in [5, 5.41) is 9.86. The van der Waals surface area contributed by atoms with Crippen LogP contribution in [-0.4, -0.2) is 72.8 Å². The predicted octanol–water partition coefficient (Wildman–Crippen LogP) is 29.8. The number of hydrogen-bond acceptors (Lipinski definition) is 18. The van der Waals surface area contributed by atoms with Crippen molar-refractivity contribution in [2.45, 2.75) is 185 Å². The average Bonchev–Trinajstić information content (AvgIpc) is 1.57. The van der Waals surface area contributed by atoms with Crippen molar-refractivity contribution in [2.24, 2.45) is 28.2 Å². The van der Waals surface area contributed by atoms with E-state index in [1.54, 1.807) is 0 Å².